The molecule has 1 saturated heterocycles. The van der Waals surface area contributed by atoms with Crippen LogP contribution in [-0.4, -0.2) is 24.9 Å². The minimum absolute atomic E-state index is 0.0411. The van der Waals surface area contributed by atoms with E-state index in [4.69, 9.17) is 0 Å². The molecule has 2 rings (SSSR count). The van der Waals surface area contributed by atoms with E-state index in [0.717, 1.165) is 11.3 Å². The summed E-state index contributed by atoms with van der Waals surface area (Å²) in [5, 5.41) is 2.62. The smallest absolute Gasteiger partial charge is 0.246 e. The molecular formula is C15H20N2O2. The Hall–Kier alpha value is -1.84. The summed E-state index contributed by atoms with van der Waals surface area (Å²) in [6.07, 6.45) is 0.351. The van der Waals surface area contributed by atoms with Crippen LogP contribution in [0.4, 0.5) is 5.69 Å². The van der Waals surface area contributed by atoms with Crippen molar-refractivity contribution in [3.05, 3.63) is 29.8 Å². The van der Waals surface area contributed by atoms with E-state index in [-0.39, 0.29) is 23.8 Å². The van der Waals surface area contributed by atoms with Gasteiger partial charge in [-0.3, -0.25) is 9.59 Å². The fourth-order valence-corrected chi connectivity index (χ4v) is 2.29. The highest BCUT2D eigenvalue weighted by atomic mass is 16.2. The quantitative estimate of drug-likeness (QED) is 0.837. The van der Waals surface area contributed by atoms with Crippen molar-refractivity contribution >= 4 is 17.5 Å². The van der Waals surface area contributed by atoms with Crippen LogP contribution in [-0.2, 0) is 15.0 Å². The van der Waals surface area contributed by atoms with Gasteiger partial charge in [-0.05, 0) is 17.0 Å². The highest BCUT2D eigenvalue weighted by Crippen LogP contribution is 2.32. The Morgan fingerprint density at radius 2 is 1.84 bits per heavy atom. The lowest BCUT2D eigenvalue weighted by molar-refractivity contribution is -0.123. The molecule has 1 fully saturated rings. The van der Waals surface area contributed by atoms with E-state index in [1.165, 1.54) is 0 Å². The zero-order valence-corrected chi connectivity index (χ0v) is 11.7. The minimum Gasteiger partial charge on any atom is -0.347 e. The number of anilines is 1. The third-order valence-corrected chi connectivity index (χ3v) is 3.30. The third-order valence-electron chi connectivity index (χ3n) is 3.30. The number of amides is 2. The van der Waals surface area contributed by atoms with Gasteiger partial charge in [0.1, 0.15) is 0 Å². The van der Waals surface area contributed by atoms with Gasteiger partial charge in [0.05, 0.1) is 6.54 Å². The molecule has 0 unspecified atom stereocenters. The fraction of sp³-hybridized carbons (Fsp3) is 0.467. The van der Waals surface area contributed by atoms with Crippen LogP contribution in [0.15, 0.2) is 24.3 Å². The third kappa shape index (κ3) is 2.95. The fourth-order valence-electron chi connectivity index (χ4n) is 2.29. The molecule has 0 aromatic heterocycles. The van der Waals surface area contributed by atoms with E-state index in [9.17, 15) is 9.59 Å². The number of benzene rings is 1. The van der Waals surface area contributed by atoms with E-state index in [1.807, 2.05) is 24.3 Å². The lowest BCUT2D eigenvalue weighted by Gasteiger charge is -2.29. The second kappa shape index (κ2) is 5.03. The Kier molecular flexibility index (Phi) is 3.60. The van der Waals surface area contributed by atoms with Crippen molar-refractivity contribution in [3.8, 4) is 0 Å². The molecule has 1 N–H and O–H groups in total. The maximum absolute atomic E-state index is 12.2. The molecule has 0 aliphatic carbocycles. The largest absolute Gasteiger partial charge is 0.347 e. The summed E-state index contributed by atoms with van der Waals surface area (Å²) in [6.45, 7) is 6.89. The maximum atomic E-state index is 12.2. The monoisotopic (exact) mass is 260 g/mol. The van der Waals surface area contributed by atoms with Crippen LogP contribution in [0.1, 0.15) is 32.8 Å². The number of nitrogens with one attached hydrogen (secondary N) is 1. The predicted molar refractivity (Wildman–Crippen MR) is 75.1 cm³/mol. The summed E-state index contributed by atoms with van der Waals surface area (Å²) in [4.78, 5) is 25.3. The van der Waals surface area contributed by atoms with Gasteiger partial charge >= 0.3 is 0 Å². The van der Waals surface area contributed by atoms with E-state index < -0.39 is 0 Å². The molecule has 1 aliphatic heterocycles. The molecule has 4 heteroatoms. The Bertz CT molecular complexity index is 503. The highest BCUT2D eigenvalue weighted by molar-refractivity contribution is 5.99. The Balaban J connectivity index is 2.40. The number of carbonyl (C=O) groups excluding carboxylic acids is 2. The number of hydrogen-bond acceptors (Lipinski definition) is 2. The van der Waals surface area contributed by atoms with Crippen molar-refractivity contribution in [2.45, 2.75) is 32.6 Å². The van der Waals surface area contributed by atoms with Crippen LogP contribution in [0.2, 0.25) is 0 Å². The van der Waals surface area contributed by atoms with Gasteiger partial charge in [0, 0.05) is 18.7 Å². The highest BCUT2D eigenvalue weighted by Gasteiger charge is 2.26. The van der Waals surface area contributed by atoms with Crippen LogP contribution in [0.25, 0.3) is 0 Å². The lowest BCUT2D eigenvalue weighted by atomic mass is 9.85. The summed E-state index contributed by atoms with van der Waals surface area (Å²) < 4.78 is 0. The summed E-state index contributed by atoms with van der Waals surface area (Å²) >= 11 is 0. The van der Waals surface area contributed by atoms with Crippen LogP contribution in [0.5, 0.6) is 0 Å². The van der Waals surface area contributed by atoms with Crippen molar-refractivity contribution in [2.24, 2.45) is 0 Å². The molecule has 0 bridgehead atoms. The van der Waals surface area contributed by atoms with Crippen LogP contribution >= 0.6 is 0 Å². The molecule has 1 aromatic rings. The maximum Gasteiger partial charge on any atom is 0.246 e. The van der Waals surface area contributed by atoms with Crippen LogP contribution in [0, 0.1) is 0 Å². The molecule has 1 heterocycles. The normalized spacial score (nSPS) is 17.1. The molecule has 0 saturated carbocycles. The molecule has 0 atom stereocenters. The second-order valence-electron chi connectivity index (χ2n) is 5.84. The average Bonchev–Trinajstić information content (AvgIpc) is 2.51. The standard InChI is InChI=1S/C15H20N2O2/c1-15(2,3)11-6-4-5-7-12(11)17-9-8-13(18)16-10-14(17)19/h4-7H,8-10H2,1-3H3,(H,16,18). The SMILES string of the molecule is CC(C)(C)c1ccccc1N1CCC(=O)NCC1=O. The molecule has 4 nitrogen and oxygen atoms in total. The van der Waals surface area contributed by atoms with E-state index in [2.05, 4.69) is 26.1 Å². The first-order valence-corrected chi connectivity index (χ1v) is 6.56. The van der Waals surface area contributed by atoms with Gasteiger partial charge in [0.25, 0.3) is 0 Å². The van der Waals surface area contributed by atoms with Crippen molar-refractivity contribution in [1.82, 2.24) is 5.32 Å². The van der Waals surface area contributed by atoms with Crippen molar-refractivity contribution in [1.29, 1.82) is 0 Å². The van der Waals surface area contributed by atoms with Gasteiger partial charge in [-0.15, -0.1) is 0 Å². The van der Waals surface area contributed by atoms with Crippen LogP contribution < -0.4 is 10.2 Å². The Morgan fingerprint density at radius 3 is 2.53 bits per heavy atom. The summed E-state index contributed by atoms with van der Waals surface area (Å²) in [5.74, 6) is -0.119. The number of para-hydroxylation sites is 1. The van der Waals surface area contributed by atoms with Gasteiger partial charge in [-0.25, -0.2) is 0 Å². The van der Waals surface area contributed by atoms with Gasteiger partial charge in [-0.1, -0.05) is 39.0 Å². The Morgan fingerprint density at radius 1 is 1.16 bits per heavy atom. The zero-order valence-electron chi connectivity index (χ0n) is 11.7. The number of nitrogens with zero attached hydrogens (tertiary/aromatic N) is 1. The summed E-state index contributed by atoms with van der Waals surface area (Å²) in [7, 11) is 0. The van der Waals surface area contributed by atoms with Gasteiger partial charge in [0.2, 0.25) is 11.8 Å². The summed E-state index contributed by atoms with van der Waals surface area (Å²) in [6, 6.07) is 7.91. The lowest BCUT2D eigenvalue weighted by Crippen LogP contribution is -2.36. The molecule has 2 amide bonds. The molecular weight excluding hydrogens is 240 g/mol. The van der Waals surface area contributed by atoms with Crippen LogP contribution in [0.3, 0.4) is 0 Å². The number of rotatable bonds is 1. The number of hydrogen-bond donors (Lipinski definition) is 1. The Labute approximate surface area is 113 Å². The molecule has 0 spiro atoms. The molecule has 1 aromatic carbocycles. The minimum atomic E-state index is -0.0657. The van der Waals surface area contributed by atoms with Crippen molar-refractivity contribution < 1.29 is 9.59 Å². The molecule has 1 aliphatic rings. The molecule has 19 heavy (non-hydrogen) atoms. The van der Waals surface area contributed by atoms with Crippen molar-refractivity contribution in [2.75, 3.05) is 18.0 Å². The van der Waals surface area contributed by atoms with Gasteiger partial charge in [0.15, 0.2) is 0 Å². The van der Waals surface area contributed by atoms with E-state index in [1.54, 1.807) is 4.90 Å². The first-order chi connectivity index (χ1) is 8.89. The molecule has 102 valence electrons. The van der Waals surface area contributed by atoms with Gasteiger partial charge < -0.3 is 10.2 Å². The van der Waals surface area contributed by atoms with Gasteiger partial charge in [-0.2, -0.15) is 0 Å². The van der Waals surface area contributed by atoms with Crippen molar-refractivity contribution in [3.63, 3.8) is 0 Å². The molecule has 0 radical (unpaired) electrons. The average molecular weight is 260 g/mol. The van der Waals surface area contributed by atoms with E-state index in [0.29, 0.717) is 13.0 Å². The first kappa shape index (κ1) is 13.6. The zero-order chi connectivity index (χ0) is 14.0. The number of carbonyl (C=O) groups is 2. The predicted octanol–water partition coefficient (Wildman–Crippen LogP) is 1.84. The summed E-state index contributed by atoms with van der Waals surface area (Å²) in [5.41, 5.74) is 2.00. The second-order valence-corrected chi connectivity index (χ2v) is 5.84. The first-order valence-electron chi connectivity index (χ1n) is 6.56. The van der Waals surface area contributed by atoms with E-state index >= 15 is 0 Å². The topological polar surface area (TPSA) is 49.4 Å².